The molecule has 10 heteroatoms. The van der Waals surface area contributed by atoms with Crippen molar-refractivity contribution in [3.63, 3.8) is 0 Å². The van der Waals surface area contributed by atoms with Crippen LogP contribution in [-0.2, 0) is 27.4 Å². The summed E-state index contributed by atoms with van der Waals surface area (Å²) in [6.07, 6.45) is -2.08. The van der Waals surface area contributed by atoms with Crippen LogP contribution in [0, 0.1) is 0 Å². The number of hydrogen-bond acceptors (Lipinski definition) is 5. The molecule has 2 aromatic rings. The number of ether oxygens (including phenoxy) is 1. The van der Waals surface area contributed by atoms with Gasteiger partial charge in [0, 0.05) is 15.9 Å². The number of halogens is 2. The lowest BCUT2D eigenvalue weighted by atomic mass is 10.0. The van der Waals surface area contributed by atoms with Crippen LogP contribution >= 0.6 is 27.5 Å². The van der Waals surface area contributed by atoms with Gasteiger partial charge in [0.2, 0.25) is 11.8 Å². The first-order valence-corrected chi connectivity index (χ1v) is 10.5. The molecule has 0 heterocycles. The van der Waals surface area contributed by atoms with E-state index in [0.717, 1.165) is 5.56 Å². The van der Waals surface area contributed by atoms with E-state index in [0.29, 0.717) is 15.1 Å². The first-order chi connectivity index (χ1) is 14.7. The summed E-state index contributed by atoms with van der Waals surface area (Å²) in [6.45, 7) is 1.32. The number of aliphatic hydroxyl groups excluding tert-OH is 1. The Balaban J connectivity index is 2.02. The van der Waals surface area contributed by atoms with E-state index in [-0.39, 0.29) is 13.0 Å². The number of benzene rings is 2. The predicted molar refractivity (Wildman–Crippen MR) is 119 cm³/mol. The van der Waals surface area contributed by atoms with Gasteiger partial charge >= 0.3 is 6.09 Å². The molecule has 0 radical (unpaired) electrons. The Bertz CT molecular complexity index is 926. The molecule has 31 heavy (non-hydrogen) atoms. The molecule has 0 unspecified atom stereocenters. The maximum Gasteiger partial charge on any atom is 0.408 e. The molecule has 0 saturated heterocycles. The second-order valence-corrected chi connectivity index (χ2v) is 8.12. The summed E-state index contributed by atoms with van der Waals surface area (Å²) in [5, 5.41) is 15.2. The van der Waals surface area contributed by atoms with Crippen LogP contribution in [0.25, 0.3) is 0 Å². The van der Waals surface area contributed by atoms with Gasteiger partial charge in [-0.05, 0) is 36.2 Å². The molecule has 2 rings (SSSR count). The van der Waals surface area contributed by atoms with Crippen molar-refractivity contribution in [3.05, 3.63) is 69.2 Å². The minimum absolute atomic E-state index is 0.00642. The monoisotopic (exact) mass is 511 g/mol. The molecule has 5 N–H and O–H groups in total. The van der Waals surface area contributed by atoms with E-state index < -0.39 is 36.1 Å². The third-order valence-corrected chi connectivity index (χ3v) is 5.35. The number of primary amides is 1. The quantitative estimate of drug-likeness (QED) is 0.409. The van der Waals surface area contributed by atoms with Gasteiger partial charge in [-0.25, -0.2) is 4.79 Å². The molecular formula is C21H23BrClN3O5. The van der Waals surface area contributed by atoms with Crippen molar-refractivity contribution in [3.8, 4) is 0 Å². The Labute approximate surface area is 193 Å². The van der Waals surface area contributed by atoms with Crippen LogP contribution < -0.4 is 16.4 Å². The Kier molecular flexibility index (Phi) is 9.29. The van der Waals surface area contributed by atoms with Crippen molar-refractivity contribution >= 4 is 45.4 Å². The summed E-state index contributed by atoms with van der Waals surface area (Å²) >= 11 is 9.35. The van der Waals surface area contributed by atoms with Gasteiger partial charge in [0.15, 0.2) is 0 Å². The number of nitrogens with two attached hydrogens (primary N) is 1. The van der Waals surface area contributed by atoms with Crippen LogP contribution in [0.15, 0.2) is 53.0 Å². The topological polar surface area (TPSA) is 131 Å². The van der Waals surface area contributed by atoms with Gasteiger partial charge in [0.05, 0.1) is 6.10 Å². The zero-order valence-corrected chi connectivity index (χ0v) is 19.0. The molecule has 0 aliphatic rings. The second kappa shape index (κ2) is 11.7. The van der Waals surface area contributed by atoms with Gasteiger partial charge in [-0.3, -0.25) is 9.59 Å². The maximum absolute atomic E-state index is 12.7. The summed E-state index contributed by atoms with van der Waals surface area (Å²) < 4.78 is 5.77. The molecule has 8 nitrogen and oxygen atoms in total. The molecule has 0 saturated carbocycles. The third-order valence-electron chi connectivity index (χ3n) is 4.34. The second-order valence-electron chi connectivity index (χ2n) is 6.83. The smallest absolute Gasteiger partial charge is 0.408 e. The summed E-state index contributed by atoms with van der Waals surface area (Å²) in [5.74, 6) is -1.56. The molecule has 0 aliphatic heterocycles. The fourth-order valence-electron chi connectivity index (χ4n) is 2.70. The Morgan fingerprint density at radius 2 is 1.84 bits per heavy atom. The van der Waals surface area contributed by atoms with Gasteiger partial charge in [0.1, 0.15) is 18.7 Å². The lowest BCUT2D eigenvalue weighted by Crippen LogP contribution is -2.57. The average Bonchev–Trinajstić information content (AvgIpc) is 2.72. The van der Waals surface area contributed by atoms with Crippen LogP contribution in [0.1, 0.15) is 18.1 Å². The van der Waals surface area contributed by atoms with Crippen LogP contribution in [0.3, 0.4) is 0 Å². The van der Waals surface area contributed by atoms with Gasteiger partial charge in [-0.15, -0.1) is 0 Å². The lowest BCUT2D eigenvalue weighted by molar-refractivity contribution is -0.130. The van der Waals surface area contributed by atoms with E-state index in [1.54, 1.807) is 42.5 Å². The predicted octanol–water partition coefficient (Wildman–Crippen LogP) is 2.29. The SMILES string of the molecule is C[C@@H](O)[C@H](NC(=O)OCc1ccccc1)C(=O)N[C@H](Cc1cc(Cl)ccc1Br)C(N)=O. The van der Waals surface area contributed by atoms with Crippen molar-refractivity contribution in [2.75, 3.05) is 0 Å². The molecule has 3 atom stereocenters. The molecule has 3 amide bonds. The number of carbonyl (C=O) groups is 3. The number of nitrogens with one attached hydrogen (secondary N) is 2. The van der Waals surface area contributed by atoms with Gasteiger partial charge in [-0.2, -0.15) is 0 Å². The zero-order chi connectivity index (χ0) is 23.0. The fraction of sp³-hybridized carbons (Fsp3) is 0.286. The third kappa shape index (κ3) is 7.86. The van der Waals surface area contributed by atoms with Crippen LogP contribution in [-0.4, -0.2) is 41.2 Å². The number of aliphatic hydroxyl groups is 1. The van der Waals surface area contributed by atoms with Crippen molar-refractivity contribution in [2.24, 2.45) is 5.73 Å². The maximum atomic E-state index is 12.7. The molecule has 2 aromatic carbocycles. The van der Waals surface area contributed by atoms with Crippen molar-refractivity contribution < 1.29 is 24.2 Å². The molecule has 0 fully saturated rings. The van der Waals surface area contributed by atoms with E-state index in [2.05, 4.69) is 26.6 Å². The van der Waals surface area contributed by atoms with E-state index >= 15 is 0 Å². The first-order valence-electron chi connectivity index (χ1n) is 9.36. The van der Waals surface area contributed by atoms with E-state index in [1.165, 1.54) is 6.92 Å². The highest BCUT2D eigenvalue weighted by atomic mass is 79.9. The summed E-state index contributed by atoms with van der Waals surface area (Å²) in [4.78, 5) is 36.7. The summed E-state index contributed by atoms with van der Waals surface area (Å²) in [5.41, 5.74) is 6.85. The van der Waals surface area contributed by atoms with Gasteiger partial charge in [0.25, 0.3) is 0 Å². The molecule has 0 aromatic heterocycles. The highest BCUT2D eigenvalue weighted by Gasteiger charge is 2.30. The number of alkyl carbamates (subject to hydrolysis) is 1. The Morgan fingerprint density at radius 1 is 1.16 bits per heavy atom. The minimum atomic E-state index is -1.35. The molecule has 0 bridgehead atoms. The Morgan fingerprint density at radius 3 is 2.45 bits per heavy atom. The largest absolute Gasteiger partial charge is 0.445 e. The standard InChI is InChI=1S/C21H23BrClN3O5/c1-12(27)18(26-21(30)31-11-13-5-3-2-4-6-13)20(29)25-17(19(24)28)10-14-9-15(23)7-8-16(14)22/h2-9,12,17-18,27H,10-11H2,1H3,(H2,24,28)(H,25,29)(H,26,30)/t12-,17-,18+/m1/s1. The van der Waals surface area contributed by atoms with E-state index in [9.17, 15) is 19.5 Å². The minimum Gasteiger partial charge on any atom is -0.445 e. The Hall–Kier alpha value is -2.62. The molecule has 0 spiro atoms. The summed E-state index contributed by atoms with van der Waals surface area (Å²) in [7, 11) is 0. The van der Waals surface area contributed by atoms with Crippen LogP contribution in [0.2, 0.25) is 5.02 Å². The normalized spacial score (nSPS) is 13.5. The zero-order valence-electron chi connectivity index (χ0n) is 16.7. The molecule has 166 valence electrons. The molecule has 0 aliphatic carbocycles. The number of carbonyl (C=O) groups excluding carboxylic acids is 3. The van der Waals surface area contributed by atoms with Crippen molar-refractivity contribution in [1.82, 2.24) is 10.6 Å². The van der Waals surface area contributed by atoms with Crippen LogP contribution in [0.5, 0.6) is 0 Å². The number of rotatable bonds is 9. The van der Waals surface area contributed by atoms with Gasteiger partial charge in [-0.1, -0.05) is 57.9 Å². The highest BCUT2D eigenvalue weighted by Crippen LogP contribution is 2.22. The van der Waals surface area contributed by atoms with E-state index in [1.807, 2.05) is 6.07 Å². The van der Waals surface area contributed by atoms with Gasteiger partial charge < -0.3 is 26.2 Å². The molecular weight excluding hydrogens is 490 g/mol. The summed E-state index contributed by atoms with van der Waals surface area (Å²) in [6, 6.07) is 11.5. The van der Waals surface area contributed by atoms with Crippen LogP contribution in [0.4, 0.5) is 4.79 Å². The number of amides is 3. The average molecular weight is 513 g/mol. The lowest BCUT2D eigenvalue weighted by Gasteiger charge is -2.23. The fourth-order valence-corrected chi connectivity index (χ4v) is 3.30. The van der Waals surface area contributed by atoms with Crippen molar-refractivity contribution in [1.29, 1.82) is 0 Å². The number of hydrogen-bond donors (Lipinski definition) is 4. The van der Waals surface area contributed by atoms with Crippen molar-refractivity contribution in [2.45, 2.75) is 38.1 Å². The first kappa shape index (κ1) is 24.6. The highest BCUT2D eigenvalue weighted by molar-refractivity contribution is 9.10. The van der Waals surface area contributed by atoms with E-state index in [4.69, 9.17) is 22.1 Å².